The molecule has 0 aliphatic rings. The van der Waals surface area contributed by atoms with Crippen molar-refractivity contribution in [2.24, 2.45) is 5.92 Å². The van der Waals surface area contributed by atoms with Gasteiger partial charge in [0.25, 0.3) is 0 Å². The Kier molecular flexibility index (Phi) is 5.82. The first-order chi connectivity index (χ1) is 8.84. The van der Waals surface area contributed by atoms with Crippen molar-refractivity contribution >= 4 is 17.7 Å². The van der Waals surface area contributed by atoms with E-state index in [-0.39, 0.29) is 24.2 Å². The summed E-state index contributed by atoms with van der Waals surface area (Å²) in [5, 5.41) is 11.9. The van der Waals surface area contributed by atoms with E-state index in [9.17, 15) is 9.18 Å². The first-order valence-corrected chi connectivity index (χ1v) is 7.14. The van der Waals surface area contributed by atoms with Crippen LogP contribution in [0.25, 0.3) is 0 Å². The molecule has 2 N–H and O–H groups in total. The molecule has 1 atom stereocenters. The van der Waals surface area contributed by atoms with E-state index in [0.717, 1.165) is 4.90 Å². The van der Waals surface area contributed by atoms with Gasteiger partial charge in [0, 0.05) is 16.6 Å². The molecule has 0 heterocycles. The monoisotopic (exact) mass is 285 g/mol. The van der Waals surface area contributed by atoms with Gasteiger partial charge in [0.05, 0.1) is 12.1 Å². The molecule has 19 heavy (non-hydrogen) atoms. The van der Waals surface area contributed by atoms with Crippen LogP contribution in [0.2, 0.25) is 0 Å². The number of halogens is 1. The number of aliphatic hydroxyl groups excluding tert-OH is 1. The second-order valence-electron chi connectivity index (χ2n) is 5.20. The standard InChI is InChI=1S/C14H20FNO2S/c1-10(13(18)16-14(2,3)9-17)8-19-12-6-4-11(15)5-7-12/h4-7,10,17H,8-9H2,1-3H3,(H,16,18). The van der Waals surface area contributed by atoms with E-state index in [1.54, 1.807) is 26.0 Å². The summed E-state index contributed by atoms with van der Waals surface area (Å²) in [5.41, 5.74) is -0.605. The topological polar surface area (TPSA) is 49.3 Å². The van der Waals surface area contributed by atoms with Crippen molar-refractivity contribution in [1.82, 2.24) is 5.32 Å². The minimum Gasteiger partial charge on any atom is -0.394 e. The Bertz CT molecular complexity index is 420. The molecular weight excluding hydrogens is 265 g/mol. The number of hydrogen-bond acceptors (Lipinski definition) is 3. The third-order valence-corrected chi connectivity index (χ3v) is 3.89. The molecule has 0 saturated heterocycles. The summed E-state index contributed by atoms with van der Waals surface area (Å²) in [5.74, 6) is 0.0771. The largest absolute Gasteiger partial charge is 0.394 e. The number of aliphatic hydroxyl groups is 1. The fourth-order valence-corrected chi connectivity index (χ4v) is 2.25. The van der Waals surface area contributed by atoms with Crippen molar-refractivity contribution in [1.29, 1.82) is 0 Å². The van der Waals surface area contributed by atoms with E-state index in [1.165, 1.54) is 23.9 Å². The van der Waals surface area contributed by atoms with Crippen LogP contribution >= 0.6 is 11.8 Å². The van der Waals surface area contributed by atoms with Gasteiger partial charge in [0.15, 0.2) is 0 Å². The van der Waals surface area contributed by atoms with Crippen molar-refractivity contribution in [3.63, 3.8) is 0 Å². The van der Waals surface area contributed by atoms with E-state index in [1.807, 2.05) is 6.92 Å². The van der Waals surface area contributed by atoms with Crippen LogP contribution in [-0.4, -0.2) is 28.9 Å². The van der Waals surface area contributed by atoms with Gasteiger partial charge in [-0.1, -0.05) is 6.92 Å². The molecule has 0 saturated carbocycles. The van der Waals surface area contributed by atoms with Gasteiger partial charge in [0.2, 0.25) is 5.91 Å². The molecule has 0 bridgehead atoms. The van der Waals surface area contributed by atoms with Gasteiger partial charge >= 0.3 is 0 Å². The summed E-state index contributed by atoms with van der Waals surface area (Å²) < 4.78 is 12.7. The number of amides is 1. The summed E-state index contributed by atoms with van der Waals surface area (Å²) in [4.78, 5) is 12.8. The van der Waals surface area contributed by atoms with Crippen LogP contribution in [0.15, 0.2) is 29.2 Å². The zero-order valence-corrected chi connectivity index (χ0v) is 12.3. The lowest BCUT2D eigenvalue weighted by atomic mass is 10.1. The predicted molar refractivity (Wildman–Crippen MR) is 75.6 cm³/mol. The maximum atomic E-state index is 12.7. The number of thioether (sulfide) groups is 1. The van der Waals surface area contributed by atoms with E-state index in [2.05, 4.69) is 5.32 Å². The highest BCUT2D eigenvalue weighted by molar-refractivity contribution is 7.99. The molecule has 0 radical (unpaired) electrons. The van der Waals surface area contributed by atoms with Gasteiger partial charge in [-0.2, -0.15) is 0 Å². The molecule has 0 aromatic heterocycles. The first-order valence-electron chi connectivity index (χ1n) is 6.15. The summed E-state index contributed by atoms with van der Waals surface area (Å²) in [6.07, 6.45) is 0. The Labute approximate surface area is 117 Å². The molecule has 106 valence electrons. The average Bonchev–Trinajstić information content (AvgIpc) is 2.37. The van der Waals surface area contributed by atoms with Crippen LogP contribution in [0.5, 0.6) is 0 Å². The fourth-order valence-electron chi connectivity index (χ4n) is 1.32. The fraction of sp³-hybridized carbons (Fsp3) is 0.500. The van der Waals surface area contributed by atoms with Crippen LogP contribution in [0.4, 0.5) is 4.39 Å². The predicted octanol–water partition coefficient (Wildman–Crippen LogP) is 2.44. The van der Waals surface area contributed by atoms with Gasteiger partial charge in [0.1, 0.15) is 5.82 Å². The molecule has 0 fully saturated rings. The number of hydrogen-bond donors (Lipinski definition) is 2. The molecule has 1 aromatic carbocycles. The Morgan fingerprint density at radius 3 is 2.53 bits per heavy atom. The first kappa shape index (κ1) is 16.0. The van der Waals surface area contributed by atoms with Crippen molar-refractivity contribution in [2.75, 3.05) is 12.4 Å². The molecule has 1 amide bonds. The SMILES string of the molecule is CC(CSc1ccc(F)cc1)C(=O)NC(C)(C)CO. The number of rotatable bonds is 6. The molecule has 0 aliphatic carbocycles. The average molecular weight is 285 g/mol. The van der Waals surface area contributed by atoms with Crippen molar-refractivity contribution < 1.29 is 14.3 Å². The third-order valence-electron chi connectivity index (χ3n) is 2.62. The number of carbonyl (C=O) groups is 1. The van der Waals surface area contributed by atoms with Crippen molar-refractivity contribution in [3.8, 4) is 0 Å². The lowest BCUT2D eigenvalue weighted by molar-refractivity contribution is -0.125. The molecule has 1 rings (SSSR count). The zero-order chi connectivity index (χ0) is 14.5. The van der Waals surface area contributed by atoms with Gasteiger partial charge in [-0.3, -0.25) is 4.79 Å². The Hall–Kier alpha value is -1.07. The van der Waals surface area contributed by atoms with E-state index in [4.69, 9.17) is 5.11 Å². The second kappa shape index (κ2) is 6.91. The Morgan fingerprint density at radius 1 is 1.42 bits per heavy atom. The molecule has 1 unspecified atom stereocenters. The van der Waals surface area contributed by atoms with E-state index < -0.39 is 5.54 Å². The minimum atomic E-state index is -0.605. The van der Waals surface area contributed by atoms with Crippen molar-refractivity contribution in [3.05, 3.63) is 30.1 Å². The molecule has 1 aromatic rings. The molecule has 0 aliphatic heterocycles. The van der Waals surface area contributed by atoms with Gasteiger partial charge < -0.3 is 10.4 Å². The highest BCUT2D eigenvalue weighted by atomic mass is 32.2. The van der Waals surface area contributed by atoms with Crippen LogP contribution in [-0.2, 0) is 4.79 Å². The van der Waals surface area contributed by atoms with Crippen molar-refractivity contribution in [2.45, 2.75) is 31.2 Å². The van der Waals surface area contributed by atoms with Crippen LogP contribution in [0.3, 0.4) is 0 Å². The quantitative estimate of drug-likeness (QED) is 0.789. The van der Waals surface area contributed by atoms with Gasteiger partial charge in [-0.25, -0.2) is 4.39 Å². The molecule has 5 heteroatoms. The molecule has 0 spiro atoms. The van der Waals surface area contributed by atoms with E-state index in [0.29, 0.717) is 5.75 Å². The van der Waals surface area contributed by atoms with Gasteiger partial charge in [-0.05, 0) is 38.1 Å². The molecule has 3 nitrogen and oxygen atoms in total. The van der Waals surface area contributed by atoms with Crippen LogP contribution in [0.1, 0.15) is 20.8 Å². The highest BCUT2D eigenvalue weighted by Crippen LogP contribution is 2.21. The minimum absolute atomic E-state index is 0.0892. The van der Waals surface area contributed by atoms with Gasteiger partial charge in [-0.15, -0.1) is 11.8 Å². The summed E-state index contributed by atoms with van der Waals surface area (Å²) >= 11 is 1.51. The summed E-state index contributed by atoms with van der Waals surface area (Å²) in [6, 6.07) is 6.20. The van der Waals surface area contributed by atoms with Crippen LogP contribution < -0.4 is 5.32 Å². The maximum absolute atomic E-state index is 12.7. The molecular formula is C14H20FNO2S. The zero-order valence-electron chi connectivity index (χ0n) is 11.4. The lowest BCUT2D eigenvalue weighted by Gasteiger charge is -2.25. The Morgan fingerprint density at radius 2 is 2.00 bits per heavy atom. The second-order valence-corrected chi connectivity index (χ2v) is 6.29. The Balaban J connectivity index is 2.44. The smallest absolute Gasteiger partial charge is 0.224 e. The summed E-state index contributed by atoms with van der Waals surface area (Å²) in [6.45, 7) is 5.27. The lowest BCUT2D eigenvalue weighted by Crippen LogP contribution is -2.48. The number of nitrogens with one attached hydrogen (secondary N) is 1. The number of benzene rings is 1. The number of carbonyl (C=O) groups excluding carboxylic acids is 1. The van der Waals surface area contributed by atoms with E-state index >= 15 is 0 Å². The maximum Gasteiger partial charge on any atom is 0.224 e. The third kappa shape index (κ3) is 5.61. The van der Waals surface area contributed by atoms with Crippen LogP contribution in [0, 0.1) is 11.7 Å². The highest BCUT2D eigenvalue weighted by Gasteiger charge is 2.22. The normalized spacial score (nSPS) is 13.1. The summed E-state index contributed by atoms with van der Waals surface area (Å²) in [7, 11) is 0.